The van der Waals surface area contributed by atoms with E-state index in [1.54, 1.807) is 0 Å². The number of hydrogen-bond donors (Lipinski definition) is 1. The highest BCUT2D eigenvalue weighted by atomic mass is 32.2. The van der Waals surface area contributed by atoms with Gasteiger partial charge in [0.25, 0.3) is 0 Å². The maximum absolute atomic E-state index is 13.8. The predicted molar refractivity (Wildman–Crippen MR) is 60.0 cm³/mol. The fraction of sp³-hybridized carbons (Fsp3) is 0.364. The van der Waals surface area contributed by atoms with Crippen LogP contribution in [0.3, 0.4) is 0 Å². The second kappa shape index (κ2) is 5.43. The minimum atomic E-state index is -3.85. The molecule has 0 saturated carbocycles. The van der Waals surface area contributed by atoms with Crippen LogP contribution in [0.2, 0.25) is 0 Å². The fourth-order valence-corrected chi connectivity index (χ4v) is 2.28. The summed E-state index contributed by atoms with van der Waals surface area (Å²) in [6, 6.07) is 1.50. The fourth-order valence-electron chi connectivity index (χ4n) is 1.50. The molecule has 18 heavy (non-hydrogen) atoms. The number of carboxylic acid groups (broad SMARTS) is 1. The Morgan fingerprint density at radius 2 is 1.94 bits per heavy atom. The average molecular weight is 278 g/mol. The van der Waals surface area contributed by atoms with Crippen molar-refractivity contribution in [1.82, 2.24) is 0 Å². The van der Waals surface area contributed by atoms with Gasteiger partial charge in [0.2, 0.25) is 0 Å². The van der Waals surface area contributed by atoms with E-state index in [1.165, 1.54) is 0 Å². The second-order valence-electron chi connectivity index (χ2n) is 3.90. The van der Waals surface area contributed by atoms with Crippen LogP contribution in [-0.2, 0) is 21.1 Å². The highest BCUT2D eigenvalue weighted by Gasteiger charge is 2.18. The molecule has 7 heteroatoms. The van der Waals surface area contributed by atoms with E-state index in [0.29, 0.717) is 6.07 Å². The van der Waals surface area contributed by atoms with Gasteiger partial charge < -0.3 is 5.11 Å². The van der Waals surface area contributed by atoms with Crippen LogP contribution in [-0.4, -0.2) is 25.7 Å². The Balaban J connectivity index is 3.06. The van der Waals surface area contributed by atoms with E-state index >= 15 is 0 Å². The molecule has 0 spiro atoms. The Bertz CT molecular complexity index is 567. The van der Waals surface area contributed by atoms with Crippen molar-refractivity contribution in [3.8, 4) is 0 Å². The van der Waals surface area contributed by atoms with Gasteiger partial charge in [0, 0.05) is 12.7 Å². The number of carboxylic acids is 1. The third-order valence-electron chi connectivity index (χ3n) is 2.32. The van der Waals surface area contributed by atoms with Crippen molar-refractivity contribution in [3.05, 3.63) is 29.3 Å². The van der Waals surface area contributed by atoms with Gasteiger partial charge in [-0.15, -0.1) is 0 Å². The topological polar surface area (TPSA) is 71.4 Å². The lowest BCUT2D eigenvalue weighted by atomic mass is 10.1. The molecule has 0 aliphatic carbocycles. The quantitative estimate of drug-likeness (QED) is 0.891. The smallest absolute Gasteiger partial charge is 0.303 e. The van der Waals surface area contributed by atoms with Crippen LogP contribution in [0, 0.1) is 11.6 Å². The zero-order chi connectivity index (χ0) is 13.9. The van der Waals surface area contributed by atoms with Crippen LogP contribution in [0.25, 0.3) is 0 Å². The summed E-state index contributed by atoms with van der Waals surface area (Å²) in [7, 11) is -3.85. The first-order chi connectivity index (χ1) is 8.21. The Morgan fingerprint density at radius 3 is 2.44 bits per heavy atom. The van der Waals surface area contributed by atoms with Gasteiger partial charge in [-0.2, -0.15) is 0 Å². The highest BCUT2D eigenvalue weighted by molar-refractivity contribution is 7.90. The number of rotatable bonds is 5. The van der Waals surface area contributed by atoms with Gasteiger partial charge in [0.1, 0.15) is 16.5 Å². The number of carbonyl (C=O) groups is 1. The molecule has 0 aromatic heterocycles. The molecule has 1 N–H and O–H groups in total. The van der Waals surface area contributed by atoms with Crippen LogP contribution < -0.4 is 0 Å². The highest BCUT2D eigenvalue weighted by Crippen LogP contribution is 2.21. The Labute approximate surface area is 103 Å². The molecule has 1 aromatic rings. The first-order valence-corrected chi connectivity index (χ1v) is 7.00. The van der Waals surface area contributed by atoms with E-state index in [1.807, 2.05) is 0 Å². The van der Waals surface area contributed by atoms with Crippen LogP contribution in [0.4, 0.5) is 8.78 Å². The summed E-state index contributed by atoms with van der Waals surface area (Å²) in [6.07, 6.45) is 0.674. The van der Waals surface area contributed by atoms with Gasteiger partial charge in [-0.25, -0.2) is 17.2 Å². The zero-order valence-electron chi connectivity index (χ0n) is 9.61. The van der Waals surface area contributed by atoms with Crippen molar-refractivity contribution in [3.63, 3.8) is 0 Å². The van der Waals surface area contributed by atoms with Crippen molar-refractivity contribution in [2.75, 3.05) is 6.26 Å². The molecule has 0 saturated heterocycles. The van der Waals surface area contributed by atoms with Crippen molar-refractivity contribution in [1.29, 1.82) is 0 Å². The molecule has 1 aromatic carbocycles. The van der Waals surface area contributed by atoms with Crippen molar-refractivity contribution >= 4 is 15.8 Å². The molecule has 0 atom stereocenters. The van der Waals surface area contributed by atoms with Crippen LogP contribution in [0.15, 0.2) is 17.0 Å². The molecule has 0 heterocycles. The molecule has 1 rings (SSSR count). The standard InChI is InChI=1S/C11H12F2O4S/c1-18(16,17)9-6-8(12)5-7(11(9)13)3-2-4-10(14)15/h5-6H,2-4H2,1H3,(H,14,15). The lowest BCUT2D eigenvalue weighted by molar-refractivity contribution is -0.137. The molecule has 100 valence electrons. The van der Waals surface area contributed by atoms with E-state index in [4.69, 9.17) is 5.11 Å². The summed E-state index contributed by atoms with van der Waals surface area (Å²) in [5.41, 5.74) is -0.128. The van der Waals surface area contributed by atoms with Crippen LogP contribution in [0.5, 0.6) is 0 Å². The van der Waals surface area contributed by atoms with Crippen molar-refractivity contribution in [2.24, 2.45) is 0 Å². The van der Waals surface area contributed by atoms with E-state index < -0.39 is 32.3 Å². The number of sulfone groups is 1. The summed E-state index contributed by atoms with van der Waals surface area (Å²) in [5.74, 6) is -2.92. The minimum absolute atomic E-state index is 0.0294. The van der Waals surface area contributed by atoms with Gasteiger partial charge in [-0.3, -0.25) is 4.79 Å². The molecular formula is C11H12F2O4S. The molecule has 0 radical (unpaired) electrons. The monoisotopic (exact) mass is 278 g/mol. The normalized spacial score (nSPS) is 11.5. The number of aliphatic carboxylic acids is 1. The minimum Gasteiger partial charge on any atom is -0.481 e. The number of hydrogen-bond acceptors (Lipinski definition) is 3. The molecule has 4 nitrogen and oxygen atoms in total. The lowest BCUT2D eigenvalue weighted by Gasteiger charge is -2.07. The van der Waals surface area contributed by atoms with Gasteiger partial charge in [0.15, 0.2) is 9.84 Å². The van der Waals surface area contributed by atoms with Gasteiger partial charge >= 0.3 is 5.97 Å². The maximum atomic E-state index is 13.8. The van der Waals surface area contributed by atoms with Crippen LogP contribution >= 0.6 is 0 Å². The third kappa shape index (κ3) is 3.76. The zero-order valence-corrected chi connectivity index (χ0v) is 10.4. The van der Waals surface area contributed by atoms with E-state index in [0.717, 1.165) is 12.3 Å². The van der Waals surface area contributed by atoms with Gasteiger partial charge in [-0.1, -0.05) is 0 Å². The first-order valence-electron chi connectivity index (χ1n) is 5.11. The summed E-state index contributed by atoms with van der Waals surface area (Å²) < 4.78 is 49.4. The SMILES string of the molecule is CS(=O)(=O)c1cc(F)cc(CCCC(=O)O)c1F. The number of halogens is 2. The van der Waals surface area contributed by atoms with Gasteiger partial charge in [0.05, 0.1) is 0 Å². The first kappa shape index (κ1) is 14.6. The van der Waals surface area contributed by atoms with E-state index in [2.05, 4.69) is 0 Å². The summed E-state index contributed by atoms with van der Waals surface area (Å²) in [4.78, 5) is 9.60. The predicted octanol–water partition coefficient (Wildman–Crippen LogP) is 1.78. The summed E-state index contributed by atoms with van der Waals surface area (Å²) >= 11 is 0. The number of aryl methyl sites for hydroxylation is 1. The lowest BCUT2D eigenvalue weighted by Crippen LogP contribution is -2.06. The molecule has 0 bridgehead atoms. The van der Waals surface area contributed by atoms with E-state index in [-0.39, 0.29) is 24.8 Å². The van der Waals surface area contributed by atoms with Crippen LogP contribution in [0.1, 0.15) is 18.4 Å². The Morgan fingerprint density at radius 1 is 1.33 bits per heavy atom. The Hall–Kier alpha value is -1.50. The largest absolute Gasteiger partial charge is 0.481 e. The average Bonchev–Trinajstić information content (AvgIpc) is 2.20. The molecule has 0 unspecified atom stereocenters. The third-order valence-corrected chi connectivity index (χ3v) is 3.41. The van der Waals surface area contributed by atoms with Crippen molar-refractivity contribution in [2.45, 2.75) is 24.2 Å². The maximum Gasteiger partial charge on any atom is 0.303 e. The molecule has 0 aliphatic rings. The van der Waals surface area contributed by atoms with E-state index in [9.17, 15) is 22.0 Å². The van der Waals surface area contributed by atoms with Crippen molar-refractivity contribution < 1.29 is 27.1 Å². The summed E-state index contributed by atoms with van der Waals surface area (Å²) in [6.45, 7) is 0. The Kier molecular flexibility index (Phi) is 4.39. The second-order valence-corrected chi connectivity index (χ2v) is 5.88. The molecule has 0 amide bonds. The summed E-state index contributed by atoms with van der Waals surface area (Å²) in [5, 5.41) is 8.44. The van der Waals surface area contributed by atoms with Gasteiger partial charge in [-0.05, 0) is 30.5 Å². The molecule has 0 aliphatic heterocycles. The molecular weight excluding hydrogens is 266 g/mol. The number of benzene rings is 1. The molecule has 0 fully saturated rings.